The monoisotopic (exact) mass is 2120 g/mol. The fourth-order valence-electron chi connectivity index (χ4n) is 25.9. The van der Waals surface area contributed by atoms with E-state index in [0.29, 0.717) is 33.0 Å². The van der Waals surface area contributed by atoms with Crippen LogP contribution in [-0.4, -0.2) is 63.9 Å². The van der Waals surface area contributed by atoms with E-state index < -0.39 is 30.9 Å². The molecule has 0 saturated carbocycles. The van der Waals surface area contributed by atoms with Gasteiger partial charge >= 0.3 is 707 Å². The Bertz CT molecular complexity index is 10200. The predicted molar refractivity (Wildman–Crippen MR) is 654 cm³/mol. The van der Waals surface area contributed by atoms with Gasteiger partial charge in [-0.25, -0.2) is 0 Å². The molecule has 28 aromatic rings. The zero-order valence-corrected chi connectivity index (χ0v) is 96.4. The van der Waals surface area contributed by atoms with Crippen molar-refractivity contribution in [2.24, 2.45) is 0 Å². The van der Waals surface area contributed by atoms with E-state index in [0.717, 1.165) is 0 Å². The fraction of sp³-hybridized carbons (Fsp3) is 0. The first-order valence-electron chi connectivity index (χ1n) is 51.9. The molecule has 28 aromatic carbocycles. The van der Waals surface area contributed by atoms with Gasteiger partial charge in [0.1, 0.15) is 0 Å². The van der Waals surface area contributed by atoms with Crippen LogP contribution in [0.3, 0.4) is 0 Å². The van der Waals surface area contributed by atoms with Crippen molar-refractivity contribution in [2.45, 2.75) is 0 Å². The molecule has 2 heterocycles. The molecule has 688 valence electrons. The summed E-state index contributed by atoms with van der Waals surface area (Å²) in [6.07, 6.45) is 0. The molecule has 2 aliphatic rings. The van der Waals surface area contributed by atoms with Crippen LogP contribution >= 0.6 is 0 Å². The van der Waals surface area contributed by atoms with Gasteiger partial charge in [-0.15, -0.1) is 0 Å². The number of rotatable bonds is 12. The maximum atomic E-state index is 2.56. The van der Waals surface area contributed by atoms with Crippen molar-refractivity contribution >= 4 is 220 Å². The zero-order valence-electron chi connectivity index (χ0n) is 82.1. The first-order chi connectivity index (χ1) is 73.3. The van der Waals surface area contributed by atoms with Crippen molar-refractivity contribution in [3.05, 3.63) is 522 Å². The van der Waals surface area contributed by atoms with E-state index in [4.69, 9.17) is 0 Å². The second-order valence-electron chi connectivity index (χ2n) is 40.4. The molecule has 148 heavy (non-hydrogen) atoms. The summed E-state index contributed by atoms with van der Waals surface area (Å²) in [6.45, 7) is 0. The fourth-order valence-corrected chi connectivity index (χ4v) is 37.1. The Hall–Kier alpha value is -16.5. The van der Waals surface area contributed by atoms with Crippen LogP contribution in [0.5, 0.6) is 0 Å². The van der Waals surface area contributed by atoms with Gasteiger partial charge < -0.3 is 0 Å². The Kier molecular flexibility index (Phi) is 21.6. The molecule has 4 heteroatoms. The van der Waals surface area contributed by atoms with E-state index in [2.05, 4.69) is 522 Å². The molecule has 0 spiro atoms. The van der Waals surface area contributed by atoms with Crippen molar-refractivity contribution in [3.63, 3.8) is 0 Å². The van der Waals surface area contributed by atoms with E-state index in [1.54, 1.807) is 17.6 Å². The summed E-state index contributed by atoms with van der Waals surface area (Å²) in [5, 5.41) is 30.1. The predicted octanol–water partition coefficient (Wildman–Crippen LogP) is 31.4. The minimum atomic E-state index is -1.30. The first kappa shape index (κ1) is 88.0. The van der Waals surface area contributed by atoms with Crippen LogP contribution in [0, 0.1) is 0 Å². The van der Waals surface area contributed by atoms with Gasteiger partial charge in [0.25, 0.3) is 0 Å². The van der Waals surface area contributed by atoms with Gasteiger partial charge in [-0.2, -0.15) is 0 Å². The second kappa shape index (κ2) is 36.3. The molecule has 0 N–H and O–H groups in total. The molecule has 0 unspecified atom stereocenters. The molecular formula is C144H96Ge4. The normalized spacial score (nSPS) is 12.4. The van der Waals surface area contributed by atoms with E-state index in [1.165, 1.54) is 294 Å². The molecule has 0 aromatic heterocycles. The van der Waals surface area contributed by atoms with Crippen LogP contribution in [0.1, 0.15) is 0 Å². The summed E-state index contributed by atoms with van der Waals surface area (Å²) >= 11 is -1.41. The van der Waals surface area contributed by atoms with Crippen LogP contribution in [0.4, 0.5) is 0 Å². The minimum absolute atomic E-state index is 0.511. The molecule has 0 nitrogen and oxygen atoms in total. The summed E-state index contributed by atoms with van der Waals surface area (Å²) in [5.41, 5.74) is 36.3. The summed E-state index contributed by atoms with van der Waals surface area (Å²) in [5.74, 6) is 0. The molecule has 0 amide bonds. The van der Waals surface area contributed by atoms with Gasteiger partial charge in [0.05, 0.1) is 0 Å². The first-order valence-corrected chi connectivity index (χ1v) is 62.0. The molecule has 0 fully saturated rings. The van der Waals surface area contributed by atoms with Crippen molar-refractivity contribution in [1.82, 2.24) is 0 Å². The Balaban J connectivity index is 0.000000140. The summed E-state index contributed by atoms with van der Waals surface area (Å²) in [4.78, 5) is 0. The summed E-state index contributed by atoms with van der Waals surface area (Å²) in [6, 6.07) is 198. The molecule has 2 aliphatic heterocycles. The average Bonchev–Trinajstić information content (AvgIpc) is 1.18. The third kappa shape index (κ3) is 14.5. The molecule has 0 saturated heterocycles. The molecular weight excluding hydrogens is 2020 g/mol. The molecule has 30 rings (SSSR count). The van der Waals surface area contributed by atoms with Crippen LogP contribution in [0.25, 0.3) is 285 Å². The van der Waals surface area contributed by atoms with E-state index in [1.807, 2.05) is 0 Å². The van der Waals surface area contributed by atoms with E-state index in [9.17, 15) is 0 Å². The van der Waals surface area contributed by atoms with Crippen LogP contribution < -0.4 is 26.4 Å². The molecule has 0 aliphatic carbocycles. The Morgan fingerprint density at radius 1 is 0.115 bits per heavy atom. The second-order valence-corrected chi connectivity index (χ2v) is 52.7. The quantitative estimate of drug-likeness (QED) is 0.0845. The van der Waals surface area contributed by atoms with Gasteiger partial charge in [-0.05, 0) is 32.3 Å². The van der Waals surface area contributed by atoms with Crippen LogP contribution in [0.15, 0.2) is 522 Å². The van der Waals surface area contributed by atoms with E-state index in [-0.39, 0.29) is 0 Å². The molecule has 0 bridgehead atoms. The third-order valence-corrected chi connectivity index (χ3v) is 44.7. The van der Waals surface area contributed by atoms with Gasteiger partial charge in [-0.3, -0.25) is 0 Å². The van der Waals surface area contributed by atoms with Gasteiger partial charge in [0.15, 0.2) is 0 Å². The number of fused-ring (bicyclic) bond motifs is 18. The standard InChI is InChI=1S/2C72H48Ge2/c73-68-39-7-5-25-51(68)47-22-9-21-46(41-47)50-27-12-33-58-64(50)42-67-56(62-37-16-38-63-57-26-6-8-40-69(57)74-72(62)63)32-15-36-61(67)70(58)71-59-34-13-30-54(52-28-10-19-44-17-1-3-23-48(44)52)65(59)43-66-55(31-14-35-60(66)71)53-29-11-20-45-18-2-4-24-49(45)53;73-67-39-9-7-26-56(67)51-25-6-5-24-50(51)54-32-15-36-60-65(54)43-66-55(57-38-17-41-69-70(57)62-27-8-10-40-68(62)74-69)33-16-37-61(66)72(60)71-58-34-13-30-52(48-28-11-20-44-18-1-3-22-46(44)48)63(58)42-64-53(31-14-35-59(64)71)49-29-12-21-45-19-2-4-23-47(45)49/h2*1-43H,74H2,73H3. The van der Waals surface area contributed by atoms with Crippen molar-refractivity contribution < 1.29 is 0 Å². The van der Waals surface area contributed by atoms with Crippen molar-refractivity contribution in [3.8, 4) is 156 Å². The molecule has 0 atom stereocenters. The maximum absolute atomic E-state index is 2.56. The van der Waals surface area contributed by atoms with Gasteiger partial charge in [0.2, 0.25) is 0 Å². The Morgan fingerprint density at radius 2 is 0.331 bits per heavy atom. The topological polar surface area (TPSA) is 0 Å². The zero-order chi connectivity index (χ0) is 97.7. The number of hydrogen-bond donors (Lipinski definition) is 0. The summed E-state index contributed by atoms with van der Waals surface area (Å²) in [7, 11) is 0. The Morgan fingerprint density at radius 3 is 0.730 bits per heavy atom. The third-order valence-electron chi connectivity index (χ3n) is 32.5. The van der Waals surface area contributed by atoms with Gasteiger partial charge in [-0.1, -0.05) is 158 Å². The van der Waals surface area contributed by atoms with Crippen molar-refractivity contribution in [2.75, 3.05) is 0 Å². The number of benzene rings is 28. The van der Waals surface area contributed by atoms with Crippen LogP contribution in [0.2, 0.25) is 0 Å². The summed E-state index contributed by atoms with van der Waals surface area (Å²) < 4.78 is 9.25. The SMILES string of the molecule is [GeH3][c]1ccccc1-c1cccc(-c2cccc3c(-c4c5cccc(-c6cccc7ccccc67)c5cc5c(-c6cccc7ccccc67)cccc45)c4cccc(-c5cccc6[c]5[GeH2][c]5ccccc5-6)c4cc23)c1.[GeH3][c]1ccccc1-c1ccccc1-c1cccc2c(-c3c4cccc(-c5cccc6ccccc56)c4cc4c(-c5cccc6ccccc56)cccc34)c3cccc(-c4ccc[c]5c4-c4cccc[c]4[GeH2]5)c3cc12. The van der Waals surface area contributed by atoms with E-state index >= 15 is 0 Å². The average molecular weight is 2120 g/mol. The van der Waals surface area contributed by atoms with Gasteiger partial charge in [0, 0.05) is 0 Å². The van der Waals surface area contributed by atoms with Crippen molar-refractivity contribution in [1.29, 1.82) is 0 Å². The molecule has 0 radical (unpaired) electrons. The van der Waals surface area contributed by atoms with Crippen LogP contribution in [-0.2, 0) is 0 Å². The number of hydrogen-bond acceptors (Lipinski definition) is 0. The Labute approximate surface area is 888 Å².